The molecule has 8 nitrogen and oxygen atoms in total. The van der Waals surface area contributed by atoms with Crippen LogP contribution in [0.2, 0.25) is 10.0 Å². The van der Waals surface area contributed by atoms with E-state index in [1.54, 1.807) is 63.2 Å². The van der Waals surface area contributed by atoms with Gasteiger partial charge in [-0.15, -0.1) is 0 Å². The van der Waals surface area contributed by atoms with Crippen molar-refractivity contribution in [2.75, 3.05) is 14.2 Å². The third-order valence-corrected chi connectivity index (χ3v) is 5.20. The van der Waals surface area contributed by atoms with Gasteiger partial charge in [0.15, 0.2) is 0 Å². The van der Waals surface area contributed by atoms with Crippen molar-refractivity contribution < 1.29 is 28.6 Å². The number of aromatic amines is 1. The first-order chi connectivity index (χ1) is 16.4. The molecule has 4 rings (SSSR count). The van der Waals surface area contributed by atoms with Gasteiger partial charge in [0.1, 0.15) is 17.0 Å². The van der Waals surface area contributed by atoms with Crippen LogP contribution in [0, 0.1) is 0 Å². The molecule has 2 aromatic carbocycles. The molecule has 0 atom stereocenters. The van der Waals surface area contributed by atoms with Crippen molar-refractivity contribution in [2.45, 2.75) is 26.4 Å². The third-order valence-electron chi connectivity index (χ3n) is 4.73. The van der Waals surface area contributed by atoms with Crippen LogP contribution in [0.1, 0.15) is 41.7 Å². The largest absolute Gasteiger partial charge is 0.464 e. The van der Waals surface area contributed by atoms with Gasteiger partial charge < -0.3 is 19.2 Å². The number of fused-ring (bicyclic) bond motifs is 2. The zero-order valence-corrected chi connectivity index (χ0v) is 21.3. The van der Waals surface area contributed by atoms with Crippen LogP contribution >= 0.6 is 23.2 Å². The molecule has 0 saturated heterocycles. The summed E-state index contributed by atoms with van der Waals surface area (Å²) in [5, 5.41) is 2.73. The Balaban J connectivity index is 0.000000211. The summed E-state index contributed by atoms with van der Waals surface area (Å²) in [5.41, 5.74) is 1.18. The molecule has 0 aliphatic carbocycles. The number of benzene rings is 2. The van der Waals surface area contributed by atoms with Crippen LogP contribution in [0.15, 0.2) is 48.5 Å². The summed E-state index contributed by atoms with van der Waals surface area (Å²) in [7, 11) is 2.60. The minimum absolute atomic E-state index is 0.101. The molecule has 2 aromatic heterocycles. The van der Waals surface area contributed by atoms with Crippen molar-refractivity contribution in [2.24, 2.45) is 0 Å². The predicted molar refractivity (Wildman–Crippen MR) is 135 cm³/mol. The molecule has 1 N–H and O–H groups in total. The summed E-state index contributed by atoms with van der Waals surface area (Å²) in [4.78, 5) is 38.4. The molecular weight excluding hydrogens is 495 g/mol. The lowest BCUT2D eigenvalue weighted by Gasteiger charge is -2.20. The molecule has 0 aliphatic rings. The fourth-order valence-corrected chi connectivity index (χ4v) is 3.59. The van der Waals surface area contributed by atoms with E-state index in [0.717, 1.165) is 10.9 Å². The molecule has 0 spiro atoms. The maximum Gasteiger partial charge on any atom is 0.419 e. The topological polar surface area (TPSA) is 99.6 Å². The fourth-order valence-electron chi connectivity index (χ4n) is 3.25. The van der Waals surface area contributed by atoms with Crippen LogP contribution < -0.4 is 0 Å². The summed E-state index contributed by atoms with van der Waals surface area (Å²) in [5.74, 6) is -0.995. The molecular formula is C25H24Cl2N2O6. The number of rotatable bonds is 2. The zero-order valence-electron chi connectivity index (χ0n) is 19.8. The molecule has 2 heterocycles. The molecule has 0 fully saturated rings. The SMILES string of the molecule is COC(=O)c1cc2ccc(Cl)cc2[nH]1.COC(=O)c1cc2ccc(Cl)cc2n1C(=O)OC(C)(C)C. The molecule has 184 valence electrons. The second kappa shape index (κ2) is 10.4. The normalized spacial score (nSPS) is 11.1. The zero-order chi connectivity index (χ0) is 25.9. The number of esters is 2. The quantitative estimate of drug-likeness (QED) is 0.241. The molecule has 0 unspecified atom stereocenters. The van der Waals surface area contributed by atoms with E-state index in [2.05, 4.69) is 9.72 Å². The second-order valence-corrected chi connectivity index (χ2v) is 9.32. The Bertz CT molecular complexity index is 1410. The number of nitrogens with zero attached hydrogens (tertiary/aromatic N) is 1. The average molecular weight is 519 g/mol. The Labute approximate surface area is 211 Å². The molecule has 0 saturated carbocycles. The van der Waals surface area contributed by atoms with Crippen molar-refractivity contribution in [1.29, 1.82) is 0 Å². The highest BCUT2D eigenvalue weighted by Gasteiger charge is 2.25. The lowest BCUT2D eigenvalue weighted by atomic mass is 10.2. The number of methoxy groups -OCH3 is 2. The molecule has 0 bridgehead atoms. The minimum Gasteiger partial charge on any atom is -0.464 e. The fraction of sp³-hybridized carbons (Fsp3) is 0.240. The molecule has 35 heavy (non-hydrogen) atoms. The standard InChI is InChI=1S/C15H16ClNO4.C10H8ClNO2/c1-15(2,3)21-14(19)17-11-8-10(16)6-5-9(11)7-12(17)13(18)20-4;1-14-10(13)9-4-6-2-3-7(11)5-8(6)12-9/h5-8H,1-4H3;2-5,12H,1H3. The van der Waals surface area contributed by atoms with E-state index in [1.165, 1.54) is 18.8 Å². The van der Waals surface area contributed by atoms with Gasteiger partial charge >= 0.3 is 18.0 Å². The van der Waals surface area contributed by atoms with Crippen molar-refractivity contribution in [1.82, 2.24) is 9.55 Å². The van der Waals surface area contributed by atoms with E-state index >= 15 is 0 Å². The summed E-state index contributed by atoms with van der Waals surface area (Å²) in [6.07, 6.45) is -0.653. The number of halogens is 2. The first-order valence-corrected chi connectivity index (χ1v) is 11.2. The van der Waals surface area contributed by atoms with Gasteiger partial charge in [0.25, 0.3) is 0 Å². The van der Waals surface area contributed by atoms with Crippen LogP contribution in [0.4, 0.5) is 4.79 Å². The van der Waals surface area contributed by atoms with Crippen LogP contribution in [-0.2, 0) is 14.2 Å². The maximum atomic E-state index is 12.4. The number of ether oxygens (including phenoxy) is 3. The highest BCUT2D eigenvalue weighted by Crippen LogP contribution is 2.25. The highest BCUT2D eigenvalue weighted by molar-refractivity contribution is 6.31. The molecule has 0 radical (unpaired) electrons. The highest BCUT2D eigenvalue weighted by atomic mass is 35.5. The number of carbonyl (C=O) groups is 3. The summed E-state index contributed by atoms with van der Waals surface area (Å²) in [6, 6.07) is 13.7. The Hall–Kier alpha value is -3.49. The predicted octanol–water partition coefficient (Wildman–Crippen LogP) is 6.47. The van der Waals surface area contributed by atoms with Gasteiger partial charge in [-0.25, -0.2) is 19.0 Å². The van der Waals surface area contributed by atoms with E-state index in [-0.39, 0.29) is 11.7 Å². The lowest BCUT2D eigenvalue weighted by Crippen LogP contribution is -2.29. The Kier molecular flexibility index (Phi) is 7.77. The first kappa shape index (κ1) is 26.1. The van der Waals surface area contributed by atoms with Gasteiger partial charge in [-0.3, -0.25) is 0 Å². The van der Waals surface area contributed by atoms with Gasteiger partial charge in [0.05, 0.1) is 19.7 Å². The minimum atomic E-state index is -0.681. The van der Waals surface area contributed by atoms with Crippen molar-refractivity contribution in [3.8, 4) is 0 Å². The summed E-state index contributed by atoms with van der Waals surface area (Å²) < 4.78 is 15.8. The molecule has 4 aromatic rings. The van der Waals surface area contributed by atoms with Gasteiger partial charge in [0, 0.05) is 26.3 Å². The van der Waals surface area contributed by atoms with E-state index in [9.17, 15) is 14.4 Å². The molecule has 0 amide bonds. The number of nitrogens with one attached hydrogen (secondary N) is 1. The number of hydrogen-bond donors (Lipinski definition) is 1. The van der Waals surface area contributed by atoms with E-state index < -0.39 is 17.7 Å². The average Bonchev–Trinajstić information content (AvgIpc) is 3.38. The number of aromatic nitrogens is 2. The van der Waals surface area contributed by atoms with E-state index in [4.69, 9.17) is 32.7 Å². The van der Waals surface area contributed by atoms with Gasteiger partial charge in [-0.05, 0) is 57.2 Å². The third kappa shape index (κ3) is 6.15. The molecule has 10 heteroatoms. The van der Waals surface area contributed by atoms with Crippen LogP contribution in [0.25, 0.3) is 21.8 Å². The monoisotopic (exact) mass is 518 g/mol. The van der Waals surface area contributed by atoms with Gasteiger partial charge in [-0.2, -0.15) is 0 Å². The van der Waals surface area contributed by atoms with Crippen molar-refractivity contribution in [3.63, 3.8) is 0 Å². The van der Waals surface area contributed by atoms with Crippen LogP contribution in [0.5, 0.6) is 0 Å². The van der Waals surface area contributed by atoms with Gasteiger partial charge in [-0.1, -0.05) is 35.3 Å². The van der Waals surface area contributed by atoms with Crippen molar-refractivity contribution in [3.05, 3.63) is 70.0 Å². The lowest BCUT2D eigenvalue weighted by molar-refractivity contribution is 0.0489. The summed E-state index contributed by atoms with van der Waals surface area (Å²) in [6.45, 7) is 5.25. The first-order valence-electron chi connectivity index (χ1n) is 10.4. The number of hydrogen-bond acceptors (Lipinski definition) is 6. The molecule has 0 aliphatic heterocycles. The van der Waals surface area contributed by atoms with Crippen molar-refractivity contribution >= 4 is 63.0 Å². The Morgan fingerprint density at radius 2 is 1.43 bits per heavy atom. The van der Waals surface area contributed by atoms with E-state index in [0.29, 0.717) is 26.6 Å². The summed E-state index contributed by atoms with van der Waals surface area (Å²) >= 11 is 11.8. The van der Waals surface area contributed by atoms with Gasteiger partial charge in [0.2, 0.25) is 0 Å². The number of H-pyrrole nitrogens is 1. The number of carbonyl (C=O) groups excluding carboxylic acids is 3. The Morgan fingerprint density at radius 3 is 2.03 bits per heavy atom. The maximum absolute atomic E-state index is 12.4. The van der Waals surface area contributed by atoms with Crippen LogP contribution in [0.3, 0.4) is 0 Å². The Morgan fingerprint density at radius 1 is 0.829 bits per heavy atom. The van der Waals surface area contributed by atoms with E-state index in [1.807, 2.05) is 6.07 Å². The van der Waals surface area contributed by atoms with Crippen LogP contribution in [-0.4, -0.2) is 47.4 Å². The second-order valence-electron chi connectivity index (χ2n) is 8.45. The smallest absolute Gasteiger partial charge is 0.419 e.